The molecule has 1 fully saturated rings. The van der Waals surface area contributed by atoms with E-state index in [-0.39, 0.29) is 6.61 Å². The maximum absolute atomic E-state index is 10.6. The van der Waals surface area contributed by atoms with Crippen LogP contribution in [0.4, 0.5) is 0 Å². The largest absolute Gasteiger partial charge is 0.397 e. The van der Waals surface area contributed by atoms with Crippen molar-refractivity contribution in [2.75, 3.05) is 6.61 Å². The van der Waals surface area contributed by atoms with E-state index in [1.807, 2.05) is 36.4 Å². The summed E-state index contributed by atoms with van der Waals surface area (Å²) < 4.78 is 11.9. The molecule has 3 N–H and O–H groups in total. The molecule has 1 aliphatic heterocycles. The second-order valence-electron chi connectivity index (χ2n) is 6.98. The van der Waals surface area contributed by atoms with Crippen LogP contribution in [-0.4, -0.2) is 54.8 Å². The molecule has 1 unspecified atom stereocenters. The van der Waals surface area contributed by atoms with E-state index in [9.17, 15) is 15.3 Å². The fourth-order valence-corrected chi connectivity index (χ4v) is 8.05. The monoisotopic (exact) mass is 388 g/mol. The second-order valence-corrected chi connectivity index (χ2v) is 10.5. The van der Waals surface area contributed by atoms with E-state index in [1.54, 1.807) is 0 Å². The molecule has 5 nitrogen and oxygen atoms in total. The van der Waals surface area contributed by atoms with Crippen molar-refractivity contribution < 1.29 is 24.5 Å². The molecule has 0 bridgehead atoms. The minimum atomic E-state index is -2.74. The van der Waals surface area contributed by atoms with Crippen LogP contribution in [0.15, 0.2) is 60.7 Å². The van der Waals surface area contributed by atoms with Crippen LogP contribution in [0, 0.1) is 0 Å². The van der Waals surface area contributed by atoms with Crippen LogP contribution >= 0.6 is 0 Å². The molecule has 2 aromatic rings. The number of aliphatic hydroxyl groups excluding tert-OH is 3. The van der Waals surface area contributed by atoms with Gasteiger partial charge >= 0.3 is 0 Å². The topological polar surface area (TPSA) is 79.2 Å². The highest BCUT2D eigenvalue weighted by atomic mass is 28.4. The van der Waals surface area contributed by atoms with Gasteiger partial charge in [0.2, 0.25) is 0 Å². The second kappa shape index (κ2) is 9.10. The first kappa shape index (κ1) is 20.2. The molecular weight excluding hydrogens is 360 g/mol. The first-order valence-electron chi connectivity index (χ1n) is 9.53. The van der Waals surface area contributed by atoms with E-state index in [0.29, 0.717) is 0 Å². The van der Waals surface area contributed by atoms with Gasteiger partial charge in [0.1, 0.15) is 18.3 Å². The molecule has 27 heavy (non-hydrogen) atoms. The molecule has 3 rings (SSSR count). The van der Waals surface area contributed by atoms with Gasteiger partial charge in [-0.05, 0) is 16.4 Å². The Labute approximate surface area is 161 Å². The first-order chi connectivity index (χ1) is 13.1. The number of rotatable bonds is 8. The fourth-order valence-electron chi connectivity index (χ4n) is 3.72. The van der Waals surface area contributed by atoms with Crippen molar-refractivity contribution in [3.63, 3.8) is 0 Å². The van der Waals surface area contributed by atoms with Gasteiger partial charge in [-0.15, -0.1) is 0 Å². The summed E-state index contributed by atoms with van der Waals surface area (Å²) in [4.78, 5) is 0. The molecule has 0 radical (unpaired) electrons. The van der Waals surface area contributed by atoms with Gasteiger partial charge in [-0.1, -0.05) is 80.4 Å². The van der Waals surface area contributed by atoms with Crippen LogP contribution in [0.1, 0.15) is 19.8 Å². The molecule has 4 atom stereocenters. The van der Waals surface area contributed by atoms with Crippen molar-refractivity contribution >= 4 is 18.7 Å². The minimum Gasteiger partial charge on any atom is -0.397 e. The average Bonchev–Trinajstić information content (AvgIpc) is 2.99. The normalized spacial score (nSPS) is 25.6. The Balaban J connectivity index is 2.06. The zero-order valence-electron chi connectivity index (χ0n) is 15.6. The van der Waals surface area contributed by atoms with Gasteiger partial charge in [0.25, 0.3) is 8.32 Å². The fraction of sp³-hybridized carbons (Fsp3) is 0.429. The number of aliphatic hydroxyl groups is 3. The SMILES string of the molecule is CCCC[Si](O[C@H]1C(O)O[C@H](CO)[C@H]1O)(c1ccccc1)c1ccccc1. The van der Waals surface area contributed by atoms with Gasteiger partial charge < -0.3 is 24.5 Å². The Morgan fingerprint density at radius 3 is 1.96 bits per heavy atom. The molecule has 0 aliphatic carbocycles. The van der Waals surface area contributed by atoms with Crippen LogP contribution < -0.4 is 10.4 Å². The van der Waals surface area contributed by atoms with Gasteiger partial charge in [0.05, 0.1) is 6.61 Å². The summed E-state index contributed by atoms with van der Waals surface area (Å²) in [5.41, 5.74) is 0. The third-order valence-corrected chi connectivity index (χ3v) is 9.46. The van der Waals surface area contributed by atoms with Crippen molar-refractivity contribution in [2.45, 2.75) is 50.4 Å². The summed E-state index contributed by atoms with van der Waals surface area (Å²) in [5, 5.41) is 32.5. The molecular formula is C21H28O5Si. The Morgan fingerprint density at radius 1 is 0.963 bits per heavy atom. The van der Waals surface area contributed by atoms with E-state index < -0.39 is 32.9 Å². The third-order valence-electron chi connectivity index (χ3n) is 5.19. The smallest absolute Gasteiger partial charge is 0.256 e. The highest BCUT2D eigenvalue weighted by Crippen LogP contribution is 2.28. The van der Waals surface area contributed by atoms with E-state index in [4.69, 9.17) is 9.16 Å². The number of hydrogen-bond acceptors (Lipinski definition) is 5. The molecule has 0 amide bonds. The van der Waals surface area contributed by atoms with Gasteiger partial charge in [-0.3, -0.25) is 0 Å². The van der Waals surface area contributed by atoms with Crippen LogP contribution in [0.3, 0.4) is 0 Å². The number of hydrogen-bond donors (Lipinski definition) is 3. The Kier molecular flexibility index (Phi) is 6.81. The predicted octanol–water partition coefficient (Wildman–Crippen LogP) is 1.00. The maximum atomic E-state index is 10.6. The van der Waals surface area contributed by atoms with E-state index in [1.165, 1.54) is 0 Å². The van der Waals surface area contributed by atoms with Crippen LogP contribution in [0.2, 0.25) is 6.04 Å². The molecule has 146 valence electrons. The Bertz CT molecular complexity index is 657. The maximum Gasteiger partial charge on any atom is 0.256 e. The van der Waals surface area contributed by atoms with Crippen LogP contribution in [0.5, 0.6) is 0 Å². The van der Waals surface area contributed by atoms with Crippen LogP contribution in [-0.2, 0) is 9.16 Å². The number of unbranched alkanes of at least 4 members (excludes halogenated alkanes) is 1. The van der Waals surface area contributed by atoms with Crippen molar-refractivity contribution in [2.24, 2.45) is 0 Å². The highest BCUT2D eigenvalue weighted by molar-refractivity contribution is 6.97. The molecule has 0 spiro atoms. The summed E-state index contributed by atoms with van der Waals surface area (Å²) in [6.45, 7) is 1.78. The molecule has 1 saturated heterocycles. The predicted molar refractivity (Wildman–Crippen MR) is 106 cm³/mol. The van der Waals surface area contributed by atoms with Crippen molar-refractivity contribution in [1.82, 2.24) is 0 Å². The van der Waals surface area contributed by atoms with Gasteiger partial charge in [0, 0.05) is 0 Å². The lowest BCUT2D eigenvalue weighted by molar-refractivity contribution is -0.129. The first-order valence-corrected chi connectivity index (χ1v) is 11.6. The molecule has 1 heterocycles. The molecule has 0 aromatic heterocycles. The average molecular weight is 389 g/mol. The quantitative estimate of drug-likeness (QED) is 0.588. The Morgan fingerprint density at radius 2 is 1.52 bits per heavy atom. The van der Waals surface area contributed by atoms with Crippen molar-refractivity contribution in [3.05, 3.63) is 60.7 Å². The van der Waals surface area contributed by atoms with E-state index in [2.05, 4.69) is 31.2 Å². The van der Waals surface area contributed by atoms with E-state index in [0.717, 1.165) is 29.3 Å². The van der Waals surface area contributed by atoms with Crippen LogP contribution in [0.25, 0.3) is 0 Å². The zero-order chi connectivity index (χ0) is 19.3. The molecule has 0 saturated carbocycles. The molecule has 6 heteroatoms. The van der Waals surface area contributed by atoms with Crippen molar-refractivity contribution in [3.8, 4) is 0 Å². The van der Waals surface area contributed by atoms with E-state index >= 15 is 0 Å². The van der Waals surface area contributed by atoms with Gasteiger partial charge in [0.15, 0.2) is 6.29 Å². The Hall–Kier alpha value is -1.54. The molecule has 2 aromatic carbocycles. The number of benzene rings is 2. The zero-order valence-corrected chi connectivity index (χ0v) is 16.6. The lowest BCUT2D eigenvalue weighted by Gasteiger charge is -2.36. The summed E-state index contributed by atoms with van der Waals surface area (Å²) in [6.07, 6.45) is -2.09. The van der Waals surface area contributed by atoms with Gasteiger partial charge in [-0.2, -0.15) is 0 Å². The minimum absolute atomic E-state index is 0.363. The summed E-state index contributed by atoms with van der Waals surface area (Å²) in [5.74, 6) is 0. The third kappa shape index (κ3) is 4.16. The highest BCUT2D eigenvalue weighted by Gasteiger charge is 2.50. The standard InChI is InChI=1S/C21H28O5Si/c1-2-3-14-27(16-10-6-4-7-11-16,17-12-8-5-9-13-17)26-20-19(23)18(15-22)25-21(20)24/h4-13,18-24H,2-3,14-15H2,1H3/t18-,19-,20-,21?/m1/s1. The summed E-state index contributed by atoms with van der Waals surface area (Å²) in [6, 6.07) is 21.0. The lowest BCUT2D eigenvalue weighted by atomic mass is 10.1. The number of ether oxygens (including phenoxy) is 1. The summed E-state index contributed by atoms with van der Waals surface area (Å²) >= 11 is 0. The van der Waals surface area contributed by atoms with Crippen molar-refractivity contribution in [1.29, 1.82) is 0 Å². The molecule has 1 aliphatic rings. The lowest BCUT2D eigenvalue weighted by Crippen LogP contribution is -2.64. The van der Waals surface area contributed by atoms with Gasteiger partial charge in [-0.25, -0.2) is 0 Å². The summed E-state index contributed by atoms with van der Waals surface area (Å²) in [7, 11) is -2.74.